The zero-order valence-corrected chi connectivity index (χ0v) is 9.39. The van der Waals surface area contributed by atoms with Crippen LogP contribution in [0.1, 0.15) is 52.4 Å². The highest BCUT2D eigenvalue weighted by Gasteiger charge is 1.96. The van der Waals surface area contributed by atoms with E-state index in [1.54, 1.807) is 0 Å². The highest BCUT2D eigenvalue weighted by atomic mass is 15.1. The van der Waals surface area contributed by atoms with Crippen LogP contribution in [0.5, 0.6) is 0 Å². The van der Waals surface area contributed by atoms with Gasteiger partial charge in [0.2, 0.25) is 0 Å². The number of hydrogen-bond acceptors (Lipinski definition) is 1. The third kappa shape index (κ3) is 7.89. The van der Waals surface area contributed by atoms with Gasteiger partial charge in [0.05, 0.1) is 0 Å². The van der Waals surface area contributed by atoms with Crippen LogP contribution in [0.25, 0.3) is 0 Å². The molecule has 0 unspecified atom stereocenters. The first-order valence-electron chi connectivity index (χ1n) is 5.71. The second-order valence-electron chi connectivity index (χ2n) is 3.63. The van der Waals surface area contributed by atoms with Gasteiger partial charge in [0.1, 0.15) is 0 Å². The molecule has 0 spiro atoms. The monoisotopic (exact) mass is 183 g/mol. The number of hydrogen-bond donors (Lipinski definition) is 0. The molecule has 0 aromatic heterocycles. The van der Waals surface area contributed by atoms with Gasteiger partial charge in [-0.05, 0) is 19.0 Å². The van der Waals surface area contributed by atoms with Gasteiger partial charge in [-0.3, -0.25) is 0 Å². The van der Waals surface area contributed by atoms with Crippen molar-refractivity contribution in [2.45, 2.75) is 52.4 Å². The van der Waals surface area contributed by atoms with E-state index in [4.69, 9.17) is 0 Å². The van der Waals surface area contributed by atoms with E-state index in [0.717, 1.165) is 0 Å². The molecule has 0 aromatic carbocycles. The zero-order chi connectivity index (χ0) is 9.94. The molecule has 0 N–H and O–H groups in total. The summed E-state index contributed by atoms with van der Waals surface area (Å²) < 4.78 is 0. The molecule has 13 heavy (non-hydrogen) atoms. The average Bonchev–Trinajstić information content (AvgIpc) is 2.16. The summed E-state index contributed by atoms with van der Waals surface area (Å²) in [6, 6.07) is 0. The van der Waals surface area contributed by atoms with Gasteiger partial charge in [0.25, 0.3) is 0 Å². The van der Waals surface area contributed by atoms with Crippen molar-refractivity contribution in [1.82, 2.24) is 4.90 Å². The van der Waals surface area contributed by atoms with Gasteiger partial charge in [0.15, 0.2) is 0 Å². The second kappa shape index (κ2) is 9.63. The van der Waals surface area contributed by atoms with Crippen molar-refractivity contribution in [3.63, 3.8) is 0 Å². The van der Waals surface area contributed by atoms with Gasteiger partial charge < -0.3 is 4.90 Å². The molecule has 0 saturated carbocycles. The molecule has 0 aliphatic carbocycles. The summed E-state index contributed by atoms with van der Waals surface area (Å²) in [4.78, 5) is 2.35. The molecule has 0 aliphatic rings. The zero-order valence-electron chi connectivity index (χ0n) is 9.39. The first-order chi connectivity index (χ1) is 6.35. The van der Waals surface area contributed by atoms with Gasteiger partial charge in [-0.25, -0.2) is 0 Å². The van der Waals surface area contributed by atoms with Crippen LogP contribution in [0, 0.1) is 0 Å². The highest BCUT2D eigenvalue weighted by molar-refractivity contribution is 4.70. The van der Waals surface area contributed by atoms with E-state index in [9.17, 15) is 0 Å². The number of nitrogens with zero attached hydrogens (tertiary/aromatic N) is 1. The Kier molecular flexibility index (Phi) is 9.29. The van der Waals surface area contributed by atoms with Crippen molar-refractivity contribution in [2.75, 3.05) is 13.1 Å². The molecule has 0 amide bonds. The van der Waals surface area contributed by atoms with Crippen molar-refractivity contribution in [1.29, 1.82) is 0 Å². The summed E-state index contributed by atoms with van der Waals surface area (Å²) in [7, 11) is 0. The Balaban J connectivity index is 3.34. The van der Waals surface area contributed by atoms with Crippen LogP contribution in [0.4, 0.5) is 0 Å². The van der Waals surface area contributed by atoms with Crippen LogP contribution >= 0.6 is 0 Å². The maximum absolute atomic E-state index is 3.84. The summed E-state index contributed by atoms with van der Waals surface area (Å²) in [6.45, 7) is 10.7. The lowest BCUT2D eigenvalue weighted by atomic mass is 10.2. The number of unbranched alkanes of at least 4 members (excludes halogenated alkanes) is 4. The maximum Gasteiger partial charge on any atom is 0.0172 e. The maximum atomic E-state index is 3.84. The number of rotatable bonds is 9. The van der Waals surface area contributed by atoms with Gasteiger partial charge in [-0.2, -0.15) is 0 Å². The Morgan fingerprint density at radius 1 is 0.923 bits per heavy atom. The smallest absolute Gasteiger partial charge is 0.0172 e. The first kappa shape index (κ1) is 12.5. The SMILES string of the molecule is C=CN(CCCCC)CCCCC. The fourth-order valence-electron chi connectivity index (χ4n) is 1.42. The van der Waals surface area contributed by atoms with E-state index in [2.05, 4.69) is 25.3 Å². The van der Waals surface area contributed by atoms with Crippen LogP contribution in [0.3, 0.4) is 0 Å². The standard InChI is InChI=1S/C12H25N/c1-4-7-9-11-13(6-3)12-10-8-5-2/h6H,3-5,7-12H2,1-2H3. The predicted molar refractivity (Wildman–Crippen MR) is 60.8 cm³/mol. The van der Waals surface area contributed by atoms with Crippen molar-refractivity contribution in [2.24, 2.45) is 0 Å². The van der Waals surface area contributed by atoms with E-state index in [0.29, 0.717) is 0 Å². The normalized spacial score (nSPS) is 10.0. The summed E-state index contributed by atoms with van der Waals surface area (Å²) in [6.07, 6.45) is 9.92. The van der Waals surface area contributed by atoms with E-state index in [-0.39, 0.29) is 0 Å². The first-order valence-corrected chi connectivity index (χ1v) is 5.71. The minimum Gasteiger partial charge on any atom is -0.378 e. The van der Waals surface area contributed by atoms with Crippen molar-refractivity contribution in [3.05, 3.63) is 12.8 Å². The van der Waals surface area contributed by atoms with Crippen molar-refractivity contribution < 1.29 is 0 Å². The Morgan fingerprint density at radius 2 is 1.38 bits per heavy atom. The summed E-state index contributed by atoms with van der Waals surface area (Å²) >= 11 is 0. The van der Waals surface area contributed by atoms with Crippen LogP contribution in [0.15, 0.2) is 12.8 Å². The van der Waals surface area contributed by atoms with E-state index >= 15 is 0 Å². The summed E-state index contributed by atoms with van der Waals surface area (Å²) in [5.41, 5.74) is 0. The lowest BCUT2D eigenvalue weighted by molar-refractivity contribution is 0.355. The van der Waals surface area contributed by atoms with Crippen molar-refractivity contribution >= 4 is 0 Å². The Hall–Kier alpha value is -0.460. The van der Waals surface area contributed by atoms with Crippen LogP contribution in [-0.2, 0) is 0 Å². The molecule has 0 rings (SSSR count). The minimum atomic E-state index is 1.20. The summed E-state index contributed by atoms with van der Waals surface area (Å²) in [5.74, 6) is 0. The van der Waals surface area contributed by atoms with Gasteiger partial charge in [-0.15, -0.1) is 0 Å². The van der Waals surface area contributed by atoms with Crippen LogP contribution < -0.4 is 0 Å². The molecule has 0 saturated heterocycles. The topological polar surface area (TPSA) is 3.24 Å². The Bertz CT molecular complexity index is 99.7. The molecule has 1 nitrogen and oxygen atoms in total. The lowest BCUT2D eigenvalue weighted by Gasteiger charge is -2.19. The van der Waals surface area contributed by atoms with E-state index in [1.165, 1.54) is 51.6 Å². The molecular weight excluding hydrogens is 158 g/mol. The van der Waals surface area contributed by atoms with Crippen LogP contribution in [-0.4, -0.2) is 18.0 Å². The third-order valence-electron chi connectivity index (χ3n) is 2.36. The highest BCUT2D eigenvalue weighted by Crippen LogP contribution is 2.02. The van der Waals surface area contributed by atoms with E-state index in [1.807, 2.05) is 6.20 Å². The largest absolute Gasteiger partial charge is 0.378 e. The molecule has 0 fully saturated rings. The summed E-state index contributed by atoms with van der Waals surface area (Å²) in [5, 5.41) is 0. The van der Waals surface area contributed by atoms with Crippen molar-refractivity contribution in [3.8, 4) is 0 Å². The average molecular weight is 183 g/mol. The van der Waals surface area contributed by atoms with Gasteiger partial charge in [-0.1, -0.05) is 46.1 Å². The van der Waals surface area contributed by atoms with Gasteiger partial charge in [0, 0.05) is 13.1 Å². The molecule has 1 heteroatoms. The van der Waals surface area contributed by atoms with Crippen LogP contribution in [0.2, 0.25) is 0 Å². The van der Waals surface area contributed by atoms with E-state index < -0.39 is 0 Å². The molecule has 0 aliphatic heterocycles. The lowest BCUT2D eigenvalue weighted by Crippen LogP contribution is -2.19. The third-order valence-corrected chi connectivity index (χ3v) is 2.36. The molecule has 0 radical (unpaired) electrons. The fraction of sp³-hybridized carbons (Fsp3) is 0.833. The Labute approximate surface area is 83.8 Å². The molecule has 0 aromatic rings. The quantitative estimate of drug-likeness (QED) is 0.491. The Morgan fingerprint density at radius 3 is 1.69 bits per heavy atom. The molecule has 0 heterocycles. The van der Waals surface area contributed by atoms with Gasteiger partial charge >= 0.3 is 0 Å². The molecule has 0 atom stereocenters. The second-order valence-corrected chi connectivity index (χ2v) is 3.63. The molecular formula is C12H25N. The predicted octanol–water partition coefficient (Wildman–Crippen LogP) is 3.81. The molecule has 78 valence electrons. The molecule has 0 bridgehead atoms. The minimum absolute atomic E-state index is 1.20. The fourth-order valence-corrected chi connectivity index (χ4v) is 1.42.